The molecule has 1 aromatic carbocycles. The van der Waals surface area contributed by atoms with E-state index in [1.807, 2.05) is 30.3 Å². The minimum Gasteiger partial charge on any atom is -0.298 e. The molecule has 0 aliphatic rings. The summed E-state index contributed by atoms with van der Waals surface area (Å²) < 4.78 is 0. The zero-order valence-corrected chi connectivity index (χ0v) is 12.0. The molecule has 3 rings (SSSR count). The fraction of sp³-hybridized carbons (Fsp3) is 0. The van der Waals surface area contributed by atoms with Crippen molar-refractivity contribution < 1.29 is 0 Å². The van der Waals surface area contributed by atoms with Crippen molar-refractivity contribution in [1.29, 1.82) is 0 Å². The largest absolute Gasteiger partial charge is 0.349 e. The van der Waals surface area contributed by atoms with Gasteiger partial charge in [0.25, 0.3) is 0 Å². The first-order chi connectivity index (χ1) is 10.7. The van der Waals surface area contributed by atoms with E-state index in [-0.39, 0.29) is 11.8 Å². The number of H-pyrrole nitrogens is 1. The average molecular weight is 315 g/mol. The van der Waals surface area contributed by atoms with E-state index in [0.717, 1.165) is 5.69 Å². The maximum absolute atomic E-state index is 11.6. The Morgan fingerprint density at radius 2 is 1.86 bits per heavy atom. The van der Waals surface area contributed by atoms with Crippen LogP contribution in [0.4, 0.5) is 11.6 Å². The minimum absolute atomic E-state index is 0.129. The molecule has 7 nitrogen and oxygen atoms in total. The molecule has 0 bridgehead atoms. The van der Waals surface area contributed by atoms with Gasteiger partial charge in [-0.05, 0) is 24.3 Å². The summed E-state index contributed by atoms with van der Waals surface area (Å²) in [5, 5.41) is 0.501. The maximum Gasteiger partial charge on any atom is 0.349 e. The molecule has 0 atom stereocenters. The molecule has 22 heavy (non-hydrogen) atoms. The predicted octanol–water partition coefficient (Wildman–Crippen LogP) is 2.32. The van der Waals surface area contributed by atoms with Gasteiger partial charge >= 0.3 is 5.69 Å². The lowest BCUT2D eigenvalue weighted by molar-refractivity contribution is 0.985. The van der Waals surface area contributed by atoms with Crippen molar-refractivity contribution in [2.45, 2.75) is 0 Å². The lowest BCUT2D eigenvalue weighted by Gasteiger charge is -2.08. The van der Waals surface area contributed by atoms with Crippen LogP contribution in [0.1, 0.15) is 0 Å². The van der Waals surface area contributed by atoms with Crippen LogP contribution in [0, 0.1) is 0 Å². The van der Waals surface area contributed by atoms with E-state index in [0.29, 0.717) is 10.7 Å². The average Bonchev–Trinajstić information content (AvgIpc) is 2.53. The lowest BCUT2D eigenvalue weighted by Crippen LogP contribution is -2.20. The van der Waals surface area contributed by atoms with Crippen LogP contribution in [-0.4, -0.2) is 19.9 Å². The summed E-state index contributed by atoms with van der Waals surface area (Å²) in [5.74, 6) is 0.407. The molecule has 2 heterocycles. The lowest BCUT2D eigenvalue weighted by atomic mass is 10.3. The van der Waals surface area contributed by atoms with Gasteiger partial charge in [-0.2, -0.15) is 9.97 Å². The highest BCUT2D eigenvalue weighted by atomic mass is 35.5. The normalized spacial score (nSPS) is 10.2. The van der Waals surface area contributed by atoms with Crippen molar-refractivity contribution in [2.75, 3.05) is 10.9 Å². The third kappa shape index (κ3) is 3.39. The van der Waals surface area contributed by atoms with E-state index in [9.17, 15) is 4.79 Å². The topological polar surface area (TPSA) is 95.6 Å². The molecule has 0 fully saturated rings. The van der Waals surface area contributed by atoms with E-state index in [2.05, 4.69) is 30.8 Å². The number of aromatic amines is 1. The molecule has 3 aromatic rings. The first-order valence-corrected chi connectivity index (χ1v) is 6.76. The highest BCUT2D eigenvalue weighted by molar-refractivity contribution is 6.30. The fourth-order valence-electron chi connectivity index (χ4n) is 1.75. The number of anilines is 2. The second-order valence-electron chi connectivity index (χ2n) is 4.30. The van der Waals surface area contributed by atoms with E-state index in [1.54, 1.807) is 12.1 Å². The number of nitrogens with one attached hydrogen (secondary N) is 3. The number of hydrogen-bond donors (Lipinski definition) is 3. The van der Waals surface area contributed by atoms with Crippen LogP contribution in [0.3, 0.4) is 0 Å². The van der Waals surface area contributed by atoms with Gasteiger partial charge in [0, 0.05) is 11.2 Å². The van der Waals surface area contributed by atoms with Gasteiger partial charge in [0.2, 0.25) is 5.95 Å². The Hall–Kier alpha value is -2.93. The molecule has 0 amide bonds. The summed E-state index contributed by atoms with van der Waals surface area (Å²) in [5.41, 5.74) is 6.41. The number of nitrogens with zero attached hydrogens (tertiary/aromatic N) is 3. The van der Waals surface area contributed by atoms with Crippen molar-refractivity contribution in [3.63, 3.8) is 0 Å². The van der Waals surface area contributed by atoms with Crippen LogP contribution in [0.2, 0.25) is 5.02 Å². The molecule has 2 aromatic heterocycles. The summed E-state index contributed by atoms with van der Waals surface area (Å²) >= 11 is 5.91. The summed E-state index contributed by atoms with van der Waals surface area (Å²) in [4.78, 5) is 26.2. The van der Waals surface area contributed by atoms with Crippen LogP contribution in [0.15, 0.2) is 53.5 Å². The SMILES string of the molecule is O=c1nc(NNc2ccccc2)nc(-c2cc(Cl)ccn2)[nH]1. The molecule has 0 saturated heterocycles. The van der Waals surface area contributed by atoms with Crippen LogP contribution < -0.4 is 16.5 Å². The van der Waals surface area contributed by atoms with Crippen LogP contribution in [-0.2, 0) is 0 Å². The Labute approximate surface area is 130 Å². The Kier molecular flexibility index (Phi) is 3.97. The molecule has 0 unspecified atom stereocenters. The molecule has 3 N–H and O–H groups in total. The Morgan fingerprint density at radius 3 is 2.64 bits per heavy atom. The number of pyridine rings is 1. The molecule has 0 radical (unpaired) electrons. The highest BCUT2D eigenvalue weighted by Crippen LogP contribution is 2.16. The molecular formula is C14H11ClN6O. The second kappa shape index (κ2) is 6.23. The minimum atomic E-state index is -0.538. The standard InChI is InChI=1S/C14H11ClN6O/c15-9-6-7-16-11(8-9)12-17-13(19-14(22)18-12)21-20-10-4-2-1-3-5-10/h1-8,20H,(H2,17,18,19,21,22). The van der Waals surface area contributed by atoms with Gasteiger partial charge < -0.3 is 0 Å². The number of aromatic nitrogens is 4. The fourth-order valence-corrected chi connectivity index (χ4v) is 1.91. The van der Waals surface area contributed by atoms with Crippen molar-refractivity contribution in [3.8, 4) is 11.5 Å². The predicted molar refractivity (Wildman–Crippen MR) is 84.6 cm³/mol. The summed E-state index contributed by atoms with van der Waals surface area (Å²) in [6.07, 6.45) is 1.54. The number of halogens is 1. The number of rotatable bonds is 4. The van der Waals surface area contributed by atoms with E-state index >= 15 is 0 Å². The van der Waals surface area contributed by atoms with Gasteiger partial charge in [-0.3, -0.25) is 20.8 Å². The van der Waals surface area contributed by atoms with Crippen LogP contribution in [0.25, 0.3) is 11.5 Å². The molecule has 8 heteroatoms. The number of hydrogen-bond acceptors (Lipinski definition) is 6. The number of benzene rings is 1. The molecule has 0 saturated carbocycles. The van der Waals surface area contributed by atoms with Crippen molar-refractivity contribution in [3.05, 3.63) is 64.2 Å². The van der Waals surface area contributed by atoms with Gasteiger partial charge in [0.1, 0.15) is 5.69 Å². The zero-order chi connectivity index (χ0) is 15.4. The molecule has 0 spiro atoms. The highest BCUT2D eigenvalue weighted by Gasteiger charge is 2.07. The van der Waals surface area contributed by atoms with Gasteiger partial charge in [0.15, 0.2) is 5.82 Å². The van der Waals surface area contributed by atoms with Crippen LogP contribution >= 0.6 is 11.6 Å². The molecule has 110 valence electrons. The zero-order valence-electron chi connectivity index (χ0n) is 11.2. The second-order valence-corrected chi connectivity index (χ2v) is 4.74. The maximum atomic E-state index is 11.6. The molecule has 0 aliphatic carbocycles. The number of hydrazine groups is 1. The van der Waals surface area contributed by atoms with Crippen LogP contribution in [0.5, 0.6) is 0 Å². The Bertz CT molecular complexity index is 836. The first-order valence-electron chi connectivity index (χ1n) is 6.38. The monoisotopic (exact) mass is 314 g/mol. The van der Waals surface area contributed by atoms with E-state index in [1.165, 1.54) is 6.20 Å². The quantitative estimate of drug-likeness (QED) is 0.640. The Morgan fingerprint density at radius 1 is 1.05 bits per heavy atom. The van der Waals surface area contributed by atoms with Gasteiger partial charge in [-0.1, -0.05) is 29.8 Å². The summed E-state index contributed by atoms with van der Waals surface area (Å²) in [6, 6.07) is 12.6. The molecule has 0 aliphatic heterocycles. The van der Waals surface area contributed by atoms with Gasteiger partial charge in [0.05, 0.1) is 5.69 Å². The molecular weight excluding hydrogens is 304 g/mol. The van der Waals surface area contributed by atoms with E-state index < -0.39 is 5.69 Å². The summed E-state index contributed by atoms with van der Waals surface area (Å²) in [7, 11) is 0. The third-order valence-corrected chi connectivity index (χ3v) is 2.94. The summed E-state index contributed by atoms with van der Waals surface area (Å²) in [6.45, 7) is 0. The third-order valence-electron chi connectivity index (χ3n) is 2.71. The first kappa shape index (κ1) is 14.0. The van der Waals surface area contributed by atoms with Crippen molar-refractivity contribution in [2.24, 2.45) is 0 Å². The van der Waals surface area contributed by atoms with Crippen molar-refractivity contribution >= 4 is 23.2 Å². The van der Waals surface area contributed by atoms with E-state index in [4.69, 9.17) is 11.6 Å². The number of para-hydroxylation sites is 1. The van der Waals surface area contributed by atoms with Crippen molar-refractivity contribution in [1.82, 2.24) is 19.9 Å². The Balaban J connectivity index is 1.85. The van der Waals surface area contributed by atoms with Gasteiger partial charge in [-0.25, -0.2) is 4.79 Å². The van der Waals surface area contributed by atoms with Gasteiger partial charge in [-0.15, -0.1) is 0 Å². The smallest absolute Gasteiger partial charge is 0.298 e.